The average Bonchev–Trinajstić information content (AvgIpc) is 1.82. The molecule has 0 rings (SSSR count). The Balaban J connectivity index is 3.98. The molecule has 1 atom stereocenters. The van der Waals surface area contributed by atoms with E-state index in [1.54, 1.807) is 19.1 Å². The first-order valence-corrected chi connectivity index (χ1v) is 2.70. The van der Waals surface area contributed by atoms with Crippen LogP contribution in [-0.2, 0) is 4.79 Å². The lowest BCUT2D eigenvalue weighted by atomic mass is 10.1. The van der Waals surface area contributed by atoms with Gasteiger partial charge < -0.3 is 5.11 Å². The van der Waals surface area contributed by atoms with E-state index in [1.807, 2.05) is 0 Å². The Morgan fingerprint density at radius 2 is 2.33 bits per heavy atom. The Hall–Kier alpha value is -1.05. The lowest BCUT2D eigenvalue weighted by Gasteiger charge is -1.96. The maximum absolute atomic E-state index is 10.2. The number of hydrogen-bond donors (Lipinski definition) is 1. The molecule has 0 aliphatic rings. The number of carboxylic acids is 1. The number of hydrogen-bond acceptors (Lipinski definition) is 1. The topological polar surface area (TPSA) is 37.3 Å². The van der Waals surface area contributed by atoms with Crippen LogP contribution in [0.3, 0.4) is 0 Å². The first-order chi connectivity index (χ1) is 4.22. The van der Waals surface area contributed by atoms with Gasteiger partial charge in [-0.05, 0) is 6.92 Å². The Morgan fingerprint density at radius 3 is 2.44 bits per heavy atom. The first kappa shape index (κ1) is 7.95. The van der Waals surface area contributed by atoms with Crippen LogP contribution in [-0.4, -0.2) is 11.1 Å². The number of carboxylic acid groups (broad SMARTS) is 1. The Labute approximate surface area is 54.5 Å². The number of allylic oxidation sites excluding steroid dienone is 1. The van der Waals surface area contributed by atoms with Gasteiger partial charge in [-0.25, -0.2) is 0 Å². The van der Waals surface area contributed by atoms with E-state index in [1.165, 1.54) is 6.08 Å². The van der Waals surface area contributed by atoms with E-state index in [2.05, 4.69) is 6.58 Å². The summed E-state index contributed by atoms with van der Waals surface area (Å²) in [7, 11) is 0. The van der Waals surface area contributed by atoms with Gasteiger partial charge >= 0.3 is 5.97 Å². The molecule has 1 N–H and O–H groups in total. The Morgan fingerprint density at radius 1 is 1.78 bits per heavy atom. The Bertz CT molecular complexity index is 136. The molecule has 50 valence electrons. The summed E-state index contributed by atoms with van der Waals surface area (Å²) in [6.45, 7) is 5.15. The molecule has 2 heteroatoms. The van der Waals surface area contributed by atoms with Crippen LogP contribution in [0.5, 0.6) is 0 Å². The third-order valence-corrected chi connectivity index (χ3v) is 0.939. The predicted octanol–water partition coefficient (Wildman–Crippen LogP) is 1.45. The molecule has 0 aromatic carbocycles. The average molecular weight is 126 g/mol. The fraction of sp³-hybridized carbons (Fsp3) is 0.286. The summed E-state index contributed by atoms with van der Waals surface area (Å²) < 4.78 is 0. The van der Waals surface area contributed by atoms with Crippen molar-refractivity contribution in [1.82, 2.24) is 0 Å². The molecule has 9 heavy (non-hydrogen) atoms. The quantitative estimate of drug-likeness (QED) is 0.581. The van der Waals surface area contributed by atoms with Gasteiger partial charge in [0, 0.05) is 0 Å². The lowest BCUT2D eigenvalue weighted by molar-refractivity contribution is -0.138. The van der Waals surface area contributed by atoms with Crippen LogP contribution in [0, 0.1) is 5.92 Å². The van der Waals surface area contributed by atoms with Gasteiger partial charge in [0.15, 0.2) is 0 Å². The summed E-state index contributed by atoms with van der Waals surface area (Å²) in [5.74, 6) is -1.39. The minimum absolute atomic E-state index is 0.532. The van der Waals surface area contributed by atoms with Crippen molar-refractivity contribution in [2.24, 2.45) is 5.92 Å². The summed E-state index contributed by atoms with van der Waals surface area (Å²) in [6, 6.07) is 0. The van der Waals surface area contributed by atoms with Crippen LogP contribution in [0.25, 0.3) is 0 Å². The largest absolute Gasteiger partial charge is 0.481 e. The molecule has 0 spiro atoms. The van der Waals surface area contributed by atoms with Crippen LogP contribution < -0.4 is 0 Å². The number of aliphatic carboxylic acids is 1. The van der Waals surface area contributed by atoms with Gasteiger partial charge in [0.25, 0.3) is 0 Å². The third-order valence-electron chi connectivity index (χ3n) is 0.939. The van der Waals surface area contributed by atoms with E-state index in [4.69, 9.17) is 5.11 Å². The molecule has 0 radical (unpaired) electrons. The fourth-order valence-corrected chi connectivity index (χ4v) is 0.469. The molecular formula is C7H10O2. The van der Waals surface area contributed by atoms with Crippen LogP contribution in [0.1, 0.15) is 6.92 Å². The first-order valence-electron chi connectivity index (χ1n) is 2.70. The summed E-state index contributed by atoms with van der Waals surface area (Å²) >= 11 is 0. The molecule has 0 amide bonds. The van der Waals surface area contributed by atoms with Crippen molar-refractivity contribution in [3.8, 4) is 0 Å². The lowest BCUT2D eigenvalue weighted by Crippen LogP contribution is -2.06. The van der Waals surface area contributed by atoms with Crippen LogP contribution in [0.4, 0.5) is 0 Å². The molecule has 1 unspecified atom stereocenters. The smallest absolute Gasteiger partial charge is 0.314 e. The SMILES string of the molecule is C=CC(/C=C/C)C(=O)O. The number of carbonyl (C=O) groups is 1. The van der Waals surface area contributed by atoms with E-state index < -0.39 is 11.9 Å². The predicted molar refractivity (Wildman–Crippen MR) is 36.1 cm³/mol. The minimum Gasteiger partial charge on any atom is -0.481 e. The zero-order valence-electron chi connectivity index (χ0n) is 5.37. The Kier molecular flexibility index (Phi) is 3.44. The molecule has 0 aromatic heterocycles. The van der Waals surface area contributed by atoms with Crippen molar-refractivity contribution < 1.29 is 9.90 Å². The molecule has 0 fully saturated rings. The zero-order chi connectivity index (χ0) is 7.28. The third kappa shape index (κ3) is 2.69. The van der Waals surface area contributed by atoms with Crippen molar-refractivity contribution in [3.63, 3.8) is 0 Å². The van der Waals surface area contributed by atoms with Gasteiger partial charge in [0.2, 0.25) is 0 Å². The molecular weight excluding hydrogens is 116 g/mol. The van der Waals surface area contributed by atoms with Gasteiger partial charge in [-0.3, -0.25) is 4.79 Å². The maximum atomic E-state index is 10.2. The van der Waals surface area contributed by atoms with E-state index in [9.17, 15) is 4.79 Å². The van der Waals surface area contributed by atoms with Gasteiger partial charge in [-0.1, -0.05) is 18.2 Å². The van der Waals surface area contributed by atoms with Crippen molar-refractivity contribution in [2.75, 3.05) is 0 Å². The second-order valence-corrected chi connectivity index (χ2v) is 1.63. The van der Waals surface area contributed by atoms with Crippen LogP contribution in [0.15, 0.2) is 24.8 Å². The van der Waals surface area contributed by atoms with Gasteiger partial charge in [-0.2, -0.15) is 0 Å². The zero-order valence-corrected chi connectivity index (χ0v) is 5.37. The summed E-state index contributed by atoms with van der Waals surface area (Å²) in [6.07, 6.45) is 4.66. The second kappa shape index (κ2) is 3.89. The second-order valence-electron chi connectivity index (χ2n) is 1.63. The van der Waals surface area contributed by atoms with E-state index in [0.29, 0.717) is 0 Å². The molecule has 0 bridgehead atoms. The molecule has 0 saturated carbocycles. The highest BCUT2D eigenvalue weighted by molar-refractivity contribution is 5.74. The van der Waals surface area contributed by atoms with Gasteiger partial charge in [0.1, 0.15) is 0 Å². The highest BCUT2D eigenvalue weighted by Crippen LogP contribution is 1.98. The molecule has 2 nitrogen and oxygen atoms in total. The van der Waals surface area contributed by atoms with Crippen molar-refractivity contribution in [3.05, 3.63) is 24.8 Å². The highest BCUT2D eigenvalue weighted by Gasteiger charge is 2.06. The van der Waals surface area contributed by atoms with Crippen molar-refractivity contribution in [1.29, 1.82) is 0 Å². The van der Waals surface area contributed by atoms with E-state index in [-0.39, 0.29) is 0 Å². The van der Waals surface area contributed by atoms with Crippen LogP contribution in [0.2, 0.25) is 0 Å². The molecule has 0 aliphatic heterocycles. The van der Waals surface area contributed by atoms with Gasteiger partial charge in [0.05, 0.1) is 5.92 Å². The normalized spacial score (nSPS) is 13.4. The molecule has 0 aromatic rings. The molecule has 0 aliphatic carbocycles. The summed E-state index contributed by atoms with van der Waals surface area (Å²) in [5, 5.41) is 8.38. The van der Waals surface area contributed by atoms with E-state index >= 15 is 0 Å². The highest BCUT2D eigenvalue weighted by atomic mass is 16.4. The standard InChI is InChI=1S/C7H10O2/c1-3-5-6(4-2)7(8)9/h3-6H,2H2,1H3,(H,8,9)/b5-3+. The summed E-state index contributed by atoms with van der Waals surface area (Å²) in [4.78, 5) is 10.2. The summed E-state index contributed by atoms with van der Waals surface area (Å²) in [5.41, 5.74) is 0. The molecule has 0 saturated heterocycles. The van der Waals surface area contributed by atoms with Crippen molar-refractivity contribution >= 4 is 5.97 Å². The maximum Gasteiger partial charge on any atom is 0.314 e. The fourth-order valence-electron chi connectivity index (χ4n) is 0.469. The molecule has 0 heterocycles. The van der Waals surface area contributed by atoms with Gasteiger partial charge in [-0.15, -0.1) is 6.58 Å². The minimum atomic E-state index is -0.858. The van der Waals surface area contributed by atoms with Crippen molar-refractivity contribution in [2.45, 2.75) is 6.92 Å². The van der Waals surface area contributed by atoms with E-state index in [0.717, 1.165) is 0 Å². The number of rotatable bonds is 3. The van der Waals surface area contributed by atoms with Crippen LogP contribution >= 0.6 is 0 Å². The monoisotopic (exact) mass is 126 g/mol.